The normalized spacial score (nSPS) is 28.9. The van der Waals surface area contributed by atoms with Gasteiger partial charge in [0.1, 0.15) is 11.9 Å². The smallest absolute Gasteiger partial charge is 0.120 e. The van der Waals surface area contributed by atoms with Crippen LogP contribution in [-0.2, 0) is 4.74 Å². The first kappa shape index (κ1) is 6.62. The van der Waals surface area contributed by atoms with Crippen molar-refractivity contribution in [2.75, 3.05) is 6.61 Å². The molecular formula is C7H12O2. The molecule has 1 heterocycles. The van der Waals surface area contributed by atoms with Gasteiger partial charge in [0.05, 0.1) is 6.61 Å². The second kappa shape index (κ2) is 2.40. The fourth-order valence-electron chi connectivity index (χ4n) is 0.943. The van der Waals surface area contributed by atoms with Gasteiger partial charge in [-0.25, -0.2) is 0 Å². The van der Waals surface area contributed by atoms with Gasteiger partial charge < -0.3 is 9.84 Å². The Morgan fingerprint density at radius 3 is 2.78 bits per heavy atom. The third kappa shape index (κ3) is 1.24. The minimum atomic E-state index is -0.0845. The molecule has 1 aliphatic rings. The summed E-state index contributed by atoms with van der Waals surface area (Å²) in [6, 6.07) is 0. The van der Waals surface area contributed by atoms with Crippen molar-refractivity contribution in [1.82, 2.24) is 0 Å². The molecule has 0 saturated carbocycles. The van der Waals surface area contributed by atoms with E-state index >= 15 is 0 Å². The van der Waals surface area contributed by atoms with E-state index < -0.39 is 0 Å². The highest BCUT2D eigenvalue weighted by molar-refractivity contribution is 5.10. The Morgan fingerprint density at radius 1 is 1.67 bits per heavy atom. The Labute approximate surface area is 55.1 Å². The average molecular weight is 128 g/mol. The Balaban J connectivity index is 2.72. The molecule has 2 nitrogen and oxygen atoms in total. The molecule has 9 heavy (non-hydrogen) atoms. The van der Waals surface area contributed by atoms with Crippen LogP contribution in [0.25, 0.3) is 0 Å². The maximum atomic E-state index is 9.20. The van der Waals surface area contributed by atoms with Crippen LogP contribution in [0, 0.1) is 0 Å². The van der Waals surface area contributed by atoms with Crippen molar-refractivity contribution in [2.45, 2.75) is 26.4 Å². The zero-order valence-electron chi connectivity index (χ0n) is 5.85. The minimum absolute atomic E-state index is 0.0845. The average Bonchev–Trinajstić information content (AvgIpc) is 1.83. The first-order chi connectivity index (χ1) is 4.22. The highest BCUT2D eigenvalue weighted by Gasteiger charge is 2.15. The molecule has 0 aromatic carbocycles. The lowest BCUT2D eigenvalue weighted by Gasteiger charge is -2.19. The van der Waals surface area contributed by atoms with E-state index in [0.29, 0.717) is 5.76 Å². The number of aliphatic hydroxyl groups is 1. The van der Waals surface area contributed by atoms with Gasteiger partial charge in [0.15, 0.2) is 0 Å². The number of hydrogen-bond donors (Lipinski definition) is 1. The van der Waals surface area contributed by atoms with Crippen LogP contribution in [-0.4, -0.2) is 17.8 Å². The molecule has 52 valence electrons. The second-order valence-electron chi connectivity index (χ2n) is 2.43. The van der Waals surface area contributed by atoms with E-state index in [4.69, 9.17) is 4.74 Å². The molecular weight excluding hydrogens is 116 g/mol. The zero-order valence-corrected chi connectivity index (χ0v) is 5.85. The van der Waals surface area contributed by atoms with Crippen LogP contribution in [0.3, 0.4) is 0 Å². The monoisotopic (exact) mass is 128 g/mol. The molecule has 0 spiro atoms. The van der Waals surface area contributed by atoms with Crippen LogP contribution in [0.1, 0.15) is 20.3 Å². The van der Waals surface area contributed by atoms with Crippen LogP contribution in [0.15, 0.2) is 11.3 Å². The zero-order chi connectivity index (χ0) is 6.85. The molecule has 0 aliphatic carbocycles. The maximum Gasteiger partial charge on any atom is 0.120 e. The van der Waals surface area contributed by atoms with Crippen molar-refractivity contribution < 1.29 is 9.84 Å². The van der Waals surface area contributed by atoms with Gasteiger partial charge in [0.25, 0.3) is 0 Å². The van der Waals surface area contributed by atoms with Crippen molar-refractivity contribution in [1.29, 1.82) is 0 Å². The molecule has 0 saturated heterocycles. The topological polar surface area (TPSA) is 29.5 Å². The number of hydrogen-bond acceptors (Lipinski definition) is 2. The molecule has 0 bridgehead atoms. The van der Waals surface area contributed by atoms with E-state index in [0.717, 1.165) is 18.6 Å². The Kier molecular flexibility index (Phi) is 1.76. The van der Waals surface area contributed by atoms with Crippen LogP contribution >= 0.6 is 0 Å². The van der Waals surface area contributed by atoms with E-state index in [1.165, 1.54) is 0 Å². The summed E-state index contributed by atoms with van der Waals surface area (Å²) in [4.78, 5) is 0. The van der Waals surface area contributed by atoms with Crippen molar-refractivity contribution in [3.05, 3.63) is 11.3 Å². The molecule has 1 aliphatic heterocycles. The summed E-state index contributed by atoms with van der Waals surface area (Å²) >= 11 is 0. The SMILES string of the molecule is CC1=C(O)[C@H](C)OCC1. The van der Waals surface area contributed by atoms with E-state index in [1.54, 1.807) is 0 Å². The third-order valence-corrected chi connectivity index (χ3v) is 1.67. The largest absolute Gasteiger partial charge is 0.510 e. The third-order valence-electron chi connectivity index (χ3n) is 1.67. The summed E-state index contributed by atoms with van der Waals surface area (Å²) in [6.07, 6.45) is 0.787. The van der Waals surface area contributed by atoms with E-state index in [-0.39, 0.29) is 6.10 Å². The number of aliphatic hydroxyl groups excluding tert-OH is 1. The quantitative estimate of drug-likeness (QED) is 0.537. The summed E-state index contributed by atoms with van der Waals surface area (Å²) in [5.74, 6) is 0.418. The second-order valence-corrected chi connectivity index (χ2v) is 2.43. The summed E-state index contributed by atoms with van der Waals surface area (Å²) in [5.41, 5.74) is 1.06. The highest BCUT2D eigenvalue weighted by atomic mass is 16.5. The van der Waals surface area contributed by atoms with Crippen LogP contribution in [0.5, 0.6) is 0 Å². The van der Waals surface area contributed by atoms with E-state index in [9.17, 15) is 5.11 Å². The number of rotatable bonds is 0. The van der Waals surface area contributed by atoms with Gasteiger partial charge in [-0.15, -0.1) is 0 Å². The van der Waals surface area contributed by atoms with Gasteiger partial charge in [-0.05, 0) is 25.8 Å². The van der Waals surface area contributed by atoms with Crippen LogP contribution < -0.4 is 0 Å². The first-order valence-electron chi connectivity index (χ1n) is 3.22. The molecule has 0 unspecified atom stereocenters. The van der Waals surface area contributed by atoms with Gasteiger partial charge in [0.2, 0.25) is 0 Å². The standard InChI is InChI=1S/C7H12O2/c1-5-3-4-9-6(2)7(5)8/h6,8H,3-4H2,1-2H3/t6-/m0/s1. The Hall–Kier alpha value is -0.500. The van der Waals surface area contributed by atoms with Crippen molar-refractivity contribution in [3.8, 4) is 0 Å². The molecule has 2 heteroatoms. The molecule has 0 radical (unpaired) electrons. The highest BCUT2D eigenvalue weighted by Crippen LogP contribution is 2.17. The maximum absolute atomic E-state index is 9.20. The fraction of sp³-hybridized carbons (Fsp3) is 0.714. The van der Waals surface area contributed by atoms with Crippen molar-refractivity contribution in [2.24, 2.45) is 0 Å². The summed E-state index contributed by atoms with van der Waals surface area (Å²) in [7, 11) is 0. The van der Waals surface area contributed by atoms with Crippen molar-refractivity contribution in [3.63, 3.8) is 0 Å². The molecule has 1 atom stereocenters. The lowest BCUT2D eigenvalue weighted by Crippen LogP contribution is -2.18. The Morgan fingerprint density at radius 2 is 2.33 bits per heavy atom. The Bertz CT molecular complexity index is 138. The van der Waals surface area contributed by atoms with Gasteiger partial charge in [0, 0.05) is 0 Å². The van der Waals surface area contributed by atoms with E-state index in [2.05, 4.69) is 0 Å². The molecule has 1 N–H and O–H groups in total. The molecule has 0 amide bonds. The molecule has 0 aromatic heterocycles. The summed E-state index contributed by atoms with van der Waals surface area (Å²) in [6.45, 7) is 4.55. The molecule has 0 aromatic rings. The van der Waals surface area contributed by atoms with E-state index in [1.807, 2.05) is 13.8 Å². The van der Waals surface area contributed by atoms with Gasteiger partial charge in [-0.3, -0.25) is 0 Å². The lowest BCUT2D eigenvalue weighted by molar-refractivity contribution is 0.0466. The summed E-state index contributed by atoms with van der Waals surface area (Å²) < 4.78 is 5.15. The molecule has 1 rings (SSSR count). The fourth-order valence-corrected chi connectivity index (χ4v) is 0.943. The van der Waals surface area contributed by atoms with Gasteiger partial charge in [-0.2, -0.15) is 0 Å². The van der Waals surface area contributed by atoms with Crippen molar-refractivity contribution >= 4 is 0 Å². The van der Waals surface area contributed by atoms with Crippen LogP contribution in [0.4, 0.5) is 0 Å². The lowest BCUT2D eigenvalue weighted by atomic mass is 10.1. The predicted octanol–water partition coefficient (Wildman–Crippen LogP) is 1.63. The first-order valence-corrected chi connectivity index (χ1v) is 3.22. The van der Waals surface area contributed by atoms with Crippen LogP contribution in [0.2, 0.25) is 0 Å². The summed E-state index contributed by atoms with van der Waals surface area (Å²) in [5, 5.41) is 9.20. The van der Waals surface area contributed by atoms with Gasteiger partial charge in [-0.1, -0.05) is 0 Å². The van der Waals surface area contributed by atoms with Gasteiger partial charge >= 0.3 is 0 Å². The molecule has 0 fully saturated rings. The predicted molar refractivity (Wildman–Crippen MR) is 35.4 cm³/mol. The minimum Gasteiger partial charge on any atom is -0.510 e. The number of ether oxygens (including phenoxy) is 1.